The number of hydrogen-bond donors (Lipinski definition) is 0. The average molecular weight is 454 g/mol. The predicted octanol–water partition coefficient (Wildman–Crippen LogP) is 5.06. The van der Waals surface area contributed by atoms with Crippen molar-refractivity contribution in [3.05, 3.63) is 34.9 Å². The van der Waals surface area contributed by atoms with Crippen LogP contribution in [0.4, 0.5) is 0 Å². The first-order valence-electron chi connectivity index (χ1n) is 10.8. The van der Waals surface area contributed by atoms with Crippen molar-refractivity contribution in [1.29, 1.82) is 0 Å². The van der Waals surface area contributed by atoms with E-state index in [1.165, 1.54) is 16.7 Å². The van der Waals surface area contributed by atoms with Gasteiger partial charge in [-0.2, -0.15) is 0 Å². The van der Waals surface area contributed by atoms with Gasteiger partial charge in [0.25, 0.3) is 0 Å². The summed E-state index contributed by atoms with van der Waals surface area (Å²) in [5.74, 6) is 0.514. The van der Waals surface area contributed by atoms with E-state index in [0.29, 0.717) is 25.0 Å². The smallest absolute Gasteiger partial charge is 0.307 e. The summed E-state index contributed by atoms with van der Waals surface area (Å²) in [5, 5.41) is 0.846. The molecule has 0 bridgehead atoms. The van der Waals surface area contributed by atoms with Gasteiger partial charge in [0.2, 0.25) is 0 Å². The van der Waals surface area contributed by atoms with Crippen LogP contribution in [0.2, 0.25) is 0 Å². The maximum Gasteiger partial charge on any atom is 0.307 e. The van der Waals surface area contributed by atoms with Gasteiger partial charge in [-0.15, -0.1) is 0 Å². The summed E-state index contributed by atoms with van der Waals surface area (Å²) in [4.78, 5) is 13.9. The van der Waals surface area contributed by atoms with E-state index in [1.54, 1.807) is 0 Å². The number of aryl methyl sites for hydroxylation is 1. The lowest BCUT2D eigenvalue weighted by molar-refractivity contribution is -0.143. The van der Waals surface area contributed by atoms with Gasteiger partial charge in [0.15, 0.2) is 0 Å². The topological polar surface area (TPSA) is 38.8 Å². The third-order valence-electron chi connectivity index (χ3n) is 5.77. The predicted molar refractivity (Wildman–Crippen MR) is 118 cm³/mol. The Kier molecular flexibility index (Phi) is 9.96. The van der Waals surface area contributed by atoms with E-state index in [0.717, 1.165) is 44.2 Å². The Balaban J connectivity index is 0.00000136. The third-order valence-corrected chi connectivity index (χ3v) is 6.36. The summed E-state index contributed by atoms with van der Waals surface area (Å²) < 4.78 is 11.5. The normalized spacial score (nSPS) is 22.8. The lowest BCUT2D eigenvalue weighted by Crippen LogP contribution is -2.42. The number of ether oxygens (including phenoxy) is 2. The first-order chi connectivity index (χ1) is 13.6. The zero-order chi connectivity index (χ0) is 20.5. The SMILES string of the molecule is CC.CCOC(=O)CCN1CCC([C@@H]2Cc3c(C)cccc3[C@H](CBr)O2)CC1. The van der Waals surface area contributed by atoms with Crippen molar-refractivity contribution < 1.29 is 14.3 Å². The van der Waals surface area contributed by atoms with Crippen LogP contribution < -0.4 is 0 Å². The molecule has 4 nitrogen and oxygen atoms in total. The molecule has 0 radical (unpaired) electrons. The Morgan fingerprint density at radius 1 is 1.29 bits per heavy atom. The fraction of sp³-hybridized carbons (Fsp3) is 0.696. The number of benzene rings is 1. The van der Waals surface area contributed by atoms with Crippen LogP contribution in [-0.4, -0.2) is 48.5 Å². The summed E-state index contributed by atoms with van der Waals surface area (Å²) in [5.41, 5.74) is 4.22. The molecule has 2 atom stereocenters. The molecule has 28 heavy (non-hydrogen) atoms. The molecule has 1 fully saturated rings. The van der Waals surface area contributed by atoms with Gasteiger partial charge in [-0.25, -0.2) is 0 Å². The molecule has 3 rings (SSSR count). The van der Waals surface area contributed by atoms with Gasteiger partial charge in [0, 0.05) is 11.9 Å². The Bertz CT molecular complexity index is 614. The zero-order valence-corrected chi connectivity index (χ0v) is 19.5. The molecule has 0 saturated carbocycles. The molecular weight excluding hydrogens is 418 g/mol. The molecule has 2 aliphatic heterocycles. The number of likely N-dealkylation sites (tertiary alicyclic amines) is 1. The van der Waals surface area contributed by atoms with Gasteiger partial charge in [-0.05, 0) is 68.8 Å². The number of piperidine rings is 1. The highest BCUT2D eigenvalue weighted by Gasteiger charge is 2.34. The summed E-state index contributed by atoms with van der Waals surface area (Å²) in [6, 6.07) is 6.56. The maximum absolute atomic E-state index is 11.5. The molecule has 0 amide bonds. The fourth-order valence-corrected chi connectivity index (χ4v) is 4.77. The van der Waals surface area contributed by atoms with Crippen LogP contribution in [0.1, 0.15) is 62.8 Å². The van der Waals surface area contributed by atoms with Gasteiger partial charge in [0.05, 0.1) is 25.2 Å². The van der Waals surface area contributed by atoms with Crippen LogP contribution in [0, 0.1) is 12.8 Å². The lowest BCUT2D eigenvalue weighted by atomic mass is 9.82. The van der Waals surface area contributed by atoms with Crippen molar-refractivity contribution in [2.75, 3.05) is 31.6 Å². The molecule has 5 heteroatoms. The summed E-state index contributed by atoms with van der Waals surface area (Å²) >= 11 is 3.64. The van der Waals surface area contributed by atoms with Crippen molar-refractivity contribution in [2.45, 2.75) is 65.6 Å². The van der Waals surface area contributed by atoms with Crippen molar-refractivity contribution >= 4 is 21.9 Å². The van der Waals surface area contributed by atoms with E-state index in [9.17, 15) is 4.79 Å². The lowest BCUT2D eigenvalue weighted by Gasteiger charge is -2.40. The molecule has 1 aromatic rings. The van der Waals surface area contributed by atoms with Gasteiger partial charge in [-0.1, -0.05) is 48.0 Å². The molecule has 0 spiro atoms. The van der Waals surface area contributed by atoms with Crippen LogP contribution >= 0.6 is 15.9 Å². The average Bonchev–Trinajstić information content (AvgIpc) is 2.74. The van der Waals surface area contributed by atoms with Crippen molar-refractivity contribution in [3.63, 3.8) is 0 Å². The minimum atomic E-state index is -0.0857. The second-order valence-electron chi connectivity index (χ2n) is 7.40. The Morgan fingerprint density at radius 2 is 2.00 bits per heavy atom. The number of nitrogens with zero attached hydrogens (tertiary/aromatic N) is 1. The number of esters is 1. The number of alkyl halides is 1. The van der Waals surface area contributed by atoms with E-state index < -0.39 is 0 Å². The highest BCUT2D eigenvalue weighted by atomic mass is 79.9. The molecule has 0 unspecified atom stereocenters. The first-order valence-corrected chi connectivity index (χ1v) is 11.9. The molecule has 0 aliphatic carbocycles. The van der Waals surface area contributed by atoms with E-state index in [4.69, 9.17) is 9.47 Å². The van der Waals surface area contributed by atoms with Crippen molar-refractivity contribution in [2.24, 2.45) is 5.92 Å². The number of fused-ring (bicyclic) bond motifs is 1. The van der Waals surface area contributed by atoms with Crippen molar-refractivity contribution in [1.82, 2.24) is 4.90 Å². The van der Waals surface area contributed by atoms with Crippen LogP contribution in [-0.2, 0) is 20.7 Å². The molecule has 2 aliphatic rings. The first kappa shape index (κ1) is 23.4. The molecule has 2 heterocycles. The van der Waals surface area contributed by atoms with E-state index >= 15 is 0 Å². The number of hydrogen-bond acceptors (Lipinski definition) is 4. The van der Waals surface area contributed by atoms with Gasteiger partial charge in [-0.3, -0.25) is 4.79 Å². The maximum atomic E-state index is 11.5. The summed E-state index contributed by atoms with van der Waals surface area (Å²) in [7, 11) is 0. The van der Waals surface area contributed by atoms with E-state index in [-0.39, 0.29) is 12.1 Å². The van der Waals surface area contributed by atoms with Gasteiger partial charge >= 0.3 is 5.97 Å². The zero-order valence-electron chi connectivity index (χ0n) is 17.9. The van der Waals surface area contributed by atoms with E-state index in [2.05, 4.69) is 46.0 Å². The molecular formula is C23H36BrNO3. The molecule has 0 aromatic heterocycles. The minimum absolute atomic E-state index is 0.0857. The quantitative estimate of drug-likeness (QED) is 0.445. The Labute approximate surface area is 179 Å². The standard InChI is InChI=1S/C21H30BrNO3.C2H6/c1-3-25-21(24)9-12-23-10-7-16(8-11-23)19-13-18-15(2)5-4-6-17(18)20(14-22)26-19;1-2/h4-6,16,19-20H,3,7-14H2,1-2H3;1-2H3/t19-,20-;/m0./s1. The molecule has 158 valence electrons. The molecule has 1 aromatic carbocycles. The van der Waals surface area contributed by atoms with Gasteiger partial charge < -0.3 is 14.4 Å². The Hall–Kier alpha value is -0.910. The highest BCUT2D eigenvalue weighted by Crippen LogP contribution is 2.38. The molecule has 1 saturated heterocycles. The molecule has 0 N–H and O–H groups in total. The van der Waals surface area contributed by atoms with Gasteiger partial charge in [0.1, 0.15) is 0 Å². The van der Waals surface area contributed by atoms with Crippen LogP contribution in [0.5, 0.6) is 0 Å². The van der Waals surface area contributed by atoms with Crippen LogP contribution in [0.25, 0.3) is 0 Å². The largest absolute Gasteiger partial charge is 0.466 e. The summed E-state index contributed by atoms with van der Waals surface area (Å²) in [6.07, 6.45) is 4.27. The number of halogens is 1. The monoisotopic (exact) mass is 453 g/mol. The van der Waals surface area contributed by atoms with Crippen LogP contribution in [0.15, 0.2) is 18.2 Å². The second-order valence-corrected chi connectivity index (χ2v) is 8.05. The van der Waals surface area contributed by atoms with Crippen LogP contribution in [0.3, 0.4) is 0 Å². The summed E-state index contributed by atoms with van der Waals surface area (Å²) in [6.45, 7) is 11.4. The number of carbonyl (C=O) groups is 1. The Morgan fingerprint density at radius 3 is 2.64 bits per heavy atom. The highest BCUT2D eigenvalue weighted by molar-refractivity contribution is 9.09. The number of carbonyl (C=O) groups excluding carboxylic acids is 1. The third kappa shape index (κ3) is 6.04. The van der Waals surface area contributed by atoms with Crippen molar-refractivity contribution in [3.8, 4) is 0 Å². The number of rotatable bonds is 6. The second kappa shape index (κ2) is 11.9. The minimum Gasteiger partial charge on any atom is -0.466 e. The van der Waals surface area contributed by atoms with E-state index in [1.807, 2.05) is 20.8 Å². The fourth-order valence-electron chi connectivity index (χ4n) is 4.27.